The summed E-state index contributed by atoms with van der Waals surface area (Å²) in [6.07, 6.45) is 1.30. The van der Waals surface area contributed by atoms with Gasteiger partial charge in [0.25, 0.3) is 0 Å². The van der Waals surface area contributed by atoms with Gasteiger partial charge in [-0.1, -0.05) is 23.7 Å². The van der Waals surface area contributed by atoms with Gasteiger partial charge in [0, 0.05) is 17.6 Å². The highest BCUT2D eigenvalue weighted by Crippen LogP contribution is 2.23. The van der Waals surface area contributed by atoms with Crippen molar-refractivity contribution >= 4 is 11.6 Å². The zero-order chi connectivity index (χ0) is 12.3. The Kier molecular flexibility index (Phi) is 4.43. The van der Waals surface area contributed by atoms with E-state index in [1.807, 2.05) is 12.1 Å². The van der Waals surface area contributed by atoms with Crippen molar-refractivity contribution in [2.45, 2.75) is 19.4 Å². The van der Waals surface area contributed by atoms with Crippen LogP contribution in [0.5, 0.6) is 0 Å². The third-order valence-electron chi connectivity index (χ3n) is 3.70. The molecule has 0 aliphatic carbocycles. The molecule has 2 nitrogen and oxygen atoms in total. The summed E-state index contributed by atoms with van der Waals surface area (Å²) in [7, 11) is 2.20. The first kappa shape index (κ1) is 12.9. The third-order valence-corrected chi connectivity index (χ3v) is 3.94. The van der Waals surface area contributed by atoms with Crippen LogP contribution in [0.1, 0.15) is 24.9 Å². The van der Waals surface area contributed by atoms with E-state index in [2.05, 4.69) is 36.3 Å². The minimum atomic E-state index is 0.425. The molecule has 0 spiro atoms. The number of hydrogen-bond acceptors (Lipinski definition) is 2. The molecule has 1 aromatic rings. The van der Waals surface area contributed by atoms with Crippen molar-refractivity contribution in [3.05, 3.63) is 34.9 Å². The van der Waals surface area contributed by atoms with E-state index in [1.54, 1.807) is 0 Å². The lowest BCUT2D eigenvalue weighted by Gasteiger charge is -2.27. The van der Waals surface area contributed by atoms with Crippen LogP contribution in [0.2, 0.25) is 5.02 Å². The van der Waals surface area contributed by atoms with E-state index in [0.717, 1.165) is 24.0 Å². The number of nitrogens with zero attached hydrogens (tertiary/aromatic N) is 1. The van der Waals surface area contributed by atoms with Crippen LogP contribution in [-0.2, 0) is 0 Å². The normalized spacial score (nSPS) is 22.0. The van der Waals surface area contributed by atoms with Gasteiger partial charge in [0.1, 0.15) is 0 Å². The highest BCUT2D eigenvalue weighted by molar-refractivity contribution is 6.30. The maximum Gasteiger partial charge on any atom is 0.0409 e. The van der Waals surface area contributed by atoms with Crippen molar-refractivity contribution in [1.29, 1.82) is 0 Å². The van der Waals surface area contributed by atoms with Crippen LogP contribution >= 0.6 is 11.6 Å². The average Bonchev–Trinajstić information content (AvgIpc) is 2.80. The zero-order valence-electron chi connectivity index (χ0n) is 10.6. The van der Waals surface area contributed by atoms with E-state index in [0.29, 0.717) is 6.04 Å². The molecule has 0 radical (unpaired) electrons. The zero-order valence-corrected chi connectivity index (χ0v) is 11.4. The Hall–Kier alpha value is -0.570. The summed E-state index contributed by atoms with van der Waals surface area (Å²) in [5.74, 6) is 0.793. The number of rotatable bonds is 4. The molecule has 1 aliphatic heterocycles. The fourth-order valence-electron chi connectivity index (χ4n) is 2.46. The molecular formula is C14H21ClN2. The molecule has 3 heteroatoms. The van der Waals surface area contributed by atoms with Crippen molar-refractivity contribution in [3.8, 4) is 0 Å². The standard InChI is InChI=1S/C14H21ClN2/c1-11(13-4-3-5-14(15)8-13)17(2)10-12-6-7-16-9-12/h3-5,8,11-12,16H,6-7,9-10H2,1-2H3. The fraction of sp³-hybridized carbons (Fsp3) is 0.571. The Morgan fingerprint density at radius 1 is 1.53 bits per heavy atom. The third kappa shape index (κ3) is 3.44. The Balaban J connectivity index is 1.96. The molecule has 1 heterocycles. The smallest absolute Gasteiger partial charge is 0.0409 e. The first-order valence-electron chi connectivity index (χ1n) is 6.33. The van der Waals surface area contributed by atoms with Crippen LogP contribution in [0.4, 0.5) is 0 Å². The predicted octanol–water partition coefficient (Wildman–Crippen LogP) is 2.94. The maximum absolute atomic E-state index is 6.04. The van der Waals surface area contributed by atoms with Crippen LogP contribution in [-0.4, -0.2) is 31.6 Å². The van der Waals surface area contributed by atoms with Gasteiger partial charge in [0.2, 0.25) is 0 Å². The number of hydrogen-bond donors (Lipinski definition) is 1. The second kappa shape index (κ2) is 5.85. The largest absolute Gasteiger partial charge is 0.316 e. The van der Waals surface area contributed by atoms with Crippen LogP contribution < -0.4 is 5.32 Å². The summed E-state index contributed by atoms with van der Waals surface area (Å²) in [6, 6.07) is 8.60. The monoisotopic (exact) mass is 252 g/mol. The minimum absolute atomic E-state index is 0.425. The van der Waals surface area contributed by atoms with E-state index in [9.17, 15) is 0 Å². The lowest BCUT2D eigenvalue weighted by atomic mass is 10.0. The number of halogens is 1. The lowest BCUT2D eigenvalue weighted by Crippen LogP contribution is -2.29. The second-order valence-electron chi connectivity index (χ2n) is 5.03. The summed E-state index contributed by atoms with van der Waals surface area (Å²) in [6.45, 7) is 5.73. The topological polar surface area (TPSA) is 15.3 Å². The molecule has 1 fully saturated rings. The average molecular weight is 253 g/mol. The first-order chi connectivity index (χ1) is 8.16. The van der Waals surface area contributed by atoms with Crippen molar-refractivity contribution in [3.63, 3.8) is 0 Å². The number of benzene rings is 1. The van der Waals surface area contributed by atoms with Crippen LogP contribution in [0.25, 0.3) is 0 Å². The van der Waals surface area contributed by atoms with Crippen molar-refractivity contribution in [2.75, 3.05) is 26.7 Å². The number of nitrogens with one attached hydrogen (secondary N) is 1. The highest BCUT2D eigenvalue weighted by atomic mass is 35.5. The van der Waals surface area contributed by atoms with Crippen LogP contribution in [0.3, 0.4) is 0 Å². The summed E-state index contributed by atoms with van der Waals surface area (Å²) in [5.41, 5.74) is 1.30. The Morgan fingerprint density at radius 2 is 2.35 bits per heavy atom. The molecule has 1 N–H and O–H groups in total. The summed E-state index contributed by atoms with van der Waals surface area (Å²) in [4.78, 5) is 2.42. The molecule has 1 saturated heterocycles. The van der Waals surface area contributed by atoms with Crippen LogP contribution in [0, 0.1) is 5.92 Å². The first-order valence-corrected chi connectivity index (χ1v) is 6.71. The maximum atomic E-state index is 6.04. The van der Waals surface area contributed by atoms with Gasteiger partial charge in [0.15, 0.2) is 0 Å². The van der Waals surface area contributed by atoms with E-state index in [1.165, 1.54) is 18.5 Å². The second-order valence-corrected chi connectivity index (χ2v) is 5.47. The summed E-state index contributed by atoms with van der Waals surface area (Å²) in [5, 5.41) is 4.24. The molecule has 2 rings (SSSR count). The van der Waals surface area contributed by atoms with Gasteiger partial charge in [-0.15, -0.1) is 0 Å². The van der Waals surface area contributed by atoms with Crippen molar-refractivity contribution in [2.24, 2.45) is 5.92 Å². The van der Waals surface area contributed by atoms with Crippen molar-refractivity contribution in [1.82, 2.24) is 10.2 Å². The Labute approximate surface area is 109 Å². The minimum Gasteiger partial charge on any atom is -0.316 e. The van der Waals surface area contributed by atoms with Gasteiger partial charge < -0.3 is 5.32 Å². The SMILES string of the molecule is CC(c1cccc(Cl)c1)N(C)CC1CCNC1. The Morgan fingerprint density at radius 3 is 3.00 bits per heavy atom. The van der Waals surface area contributed by atoms with Gasteiger partial charge in [-0.2, -0.15) is 0 Å². The molecule has 2 atom stereocenters. The fourth-order valence-corrected chi connectivity index (χ4v) is 2.66. The van der Waals surface area contributed by atoms with Gasteiger partial charge >= 0.3 is 0 Å². The Bertz CT molecular complexity index is 361. The van der Waals surface area contributed by atoms with Gasteiger partial charge in [-0.3, -0.25) is 4.90 Å². The predicted molar refractivity (Wildman–Crippen MR) is 73.5 cm³/mol. The summed E-state index contributed by atoms with van der Waals surface area (Å²) >= 11 is 6.04. The summed E-state index contributed by atoms with van der Waals surface area (Å²) < 4.78 is 0. The molecule has 0 bridgehead atoms. The van der Waals surface area contributed by atoms with E-state index >= 15 is 0 Å². The highest BCUT2D eigenvalue weighted by Gasteiger charge is 2.19. The molecule has 1 aromatic carbocycles. The van der Waals surface area contributed by atoms with E-state index in [4.69, 9.17) is 11.6 Å². The quantitative estimate of drug-likeness (QED) is 0.887. The van der Waals surface area contributed by atoms with Gasteiger partial charge in [0.05, 0.1) is 0 Å². The lowest BCUT2D eigenvalue weighted by molar-refractivity contribution is 0.226. The molecule has 17 heavy (non-hydrogen) atoms. The molecule has 0 saturated carbocycles. The van der Waals surface area contributed by atoms with Crippen molar-refractivity contribution < 1.29 is 0 Å². The molecule has 0 amide bonds. The molecule has 0 aromatic heterocycles. The van der Waals surface area contributed by atoms with E-state index < -0.39 is 0 Å². The van der Waals surface area contributed by atoms with Gasteiger partial charge in [-0.05, 0) is 57.1 Å². The molecule has 2 unspecified atom stereocenters. The molecule has 94 valence electrons. The van der Waals surface area contributed by atoms with E-state index in [-0.39, 0.29) is 0 Å². The van der Waals surface area contributed by atoms with Crippen LogP contribution in [0.15, 0.2) is 24.3 Å². The molecule has 1 aliphatic rings. The van der Waals surface area contributed by atoms with Gasteiger partial charge in [-0.25, -0.2) is 0 Å². The molecular weight excluding hydrogens is 232 g/mol.